The van der Waals surface area contributed by atoms with E-state index in [1.807, 2.05) is 30.3 Å². The van der Waals surface area contributed by atoms with Crippen LogP contribution >= 0.6 is 0 Å². The molecule has 1 fully saturated rings. The fraction of sp³-hybridized carbons (Fsp3) is 0.375. The zero-order valence-corrected chi connectivity index (χ0v) is 13.2. The molecular formula is C16H18N6O. The van der Waals surface area contributed by atoms with E-state index >= 15 is 0 Å². The van der Waals surface area contributed by atoms with E-state index in [-0.39, 0.29) is 5.60 Å². The van der Waals surface area contributed by atoms with Crippen molar-refractivity contribution in [1.29, 1.82) is 0 Å². The summed E-state index contributed by atoms with van der Waals surface area (Å²) in [4.78, 5) is 11.0. The van der Waals surface area contributed by atoms with Gasteiger partial charge in [0.1, 0.15) is 6.33 Å². The van der Waals surface area contributed by atoms with Crippen LogP contribution in [0.1, 0.15) is 13.8 Å². The number of nitrogens with zero attached hydrogens (tertiary/aromatic N) is 6. The first-order chi connectivity index (χ1) is 11.1. The Morgan fingerprint density at radius 3 is 2.74 bits per heavy atom. The number of para-hydroxylation sites is 1. The highest BCUT2D eigenvalue weighted by atomic mass is 16.5. The van der Waals surface area contributed by atoms with Gasteiger partial charge in [0.15, 0.2) is 17.0 Å². The van der Waals surface area contributed by atoms with Gasteiger partial charge in [-0.15, -0.1) is 5.10 Å². The first kappa shape index (κ1) is 14.1. The van der Waals surface area contributed by atoms with Gasteiger partial charge in [-0.2, -0.15) is 4.68 Å². The van der Waals surface area contributed by atoms with Gasteiger partial charge in [0.2, 0.25) is 0 Å². The molecule has 0 saturated carbocycles. The minimum absolute atomic E-state index is 0.203. The molecule has 1 aromatic carbocycles. The highest BCUT2D eigenvalue weighted by Crippen LogP contribution is 2.26. The average molecular weight is 310 g/mol. The number of morpholine rings is 1. The van der Waals surface area contributed by atoms with Crippen LogP contribution in [0.5, 0.6) is 0 Å². The van der Waals surface area contributed by atoms with Gasteiger partial charge in [0.25, 0.3) is 0 Å². The zero-order chi connectivity index (χ0) is 15.9. The number of hydrogen-bond acceptors (Lipinski definition) is 6. The Balaban J connectivity index is 1.79. The monoisotopic (exact) mass is 310 g/mol. The van der Waals surface area contributed by atoms with E-state index in [1.54, 1.807) is 11.0 Å². The molecule has 0 spiro atoms. The van der Waals surface area contributed by atoms with Crippen LogP contribution in [-0.4, -0.2) is 50.3 Å². The van der Waals surface area contributed by atoms with Gasteiger partial charge >= 0.3 is 0 Å². The van der Waals surface area contributed by atoms with Crippen molar-refractivity contribution in [2.75, 3.05) is 24.6 Å². The Morgan fingerprint density at radius 2 is 1.96 bits per heavy atom. The maximum atomic E-state index is 5.78. The molecule has 3 aromatic rings. The van der Waals surface area contributed by atoms with Crippen molar-refractivity contribution >= 4 is 17.0 Å². The van der Waals surface area contributed by atoms with E-state index in [0.717, 1.165) is 24.6 Å². The number of aromatic nitrogens is 5. The lowest BCUT2D eigenvalue weighted by Gasteiger charge is -2.38. The molecule has 7 heteroatoms. The van der Waals surface area contributed by atoms with Crippen LogP contribution < -0.4 is 4.90 Å². The van der Waals surface area contributed by atoms with E-state index in [1.165, 1.54) is 0 Å². The molecule has 1 saturated heterocycles. The van der Waals surface area contributed by atoms with Crippen LogP contribution in [0.15, 0.2) is 36.7 Å². The van der Waals surface area contributed by atoms with Gasteiger partial charge in [-0.3, -0.25) is 0 Å². The molecule has 4 rings (SSSR count). The number of benzene rings is 1. The standard InChI is InChI=1S/C16H18N6O/c1-16(2)10-21(8-9-23-16)14-13-15(18-11-17-14)22(20-19-13)12-6-4-3-5-7-12/h3-7,11H,8-10H2,1-2H3. The molecule has 0 unspecified atom stereocenters. The van der Waals surface area contributed by atoms with E-state index in [2.05, 4.69) is 39.0 Å². The van der Waals surface area contributed by atoms with Gasteiger partial charge in [-0.1, -0.05) is 23.4 Å². The smallest absolute Gasteiger partial charge is 0.189 e. The molecule has 1 aliphatic heterocycles. The van der Waals surface area contributed by atoms with Gasteiger partial charge in [0.05, 0.1) is 17.9 Å². The number of rotatable bonds is 2. The summed E-state index contributed by atoms with van der Waals surface area (Å²) >= 11 is 0. The van der Waals surface area contributed by atoms with Crippen molar-refractivity contribution < 1.29 is 4.74 Å². The molecule has 0 bridgehead atoms. The third kappa shape index (κ3) is 2.53. The van der Waals surface area contributed by atoms with E-state index in [9.17, 15) is 0 Å². The first-order valence-electron chi connectivity index (χ1n) is 7.65. The molecule has 118 valence electrons. The van der Waals surface area contributed by atoms with Crippen LogP contribution in [0.3, 0.4) is 0 Å². The fourth-order valence-electron chi connectivity index (χ4n) is 2.91. The number of fused-ring (bicyclic) bond motifs is 1. The molecule has 2 aromatic heterocycles. The van der Waals surface area contributed by atoms with Crippen molar-refractivity contribution in [2.24, 2.45) is 0 Å². The van der Waals surface area contributed by atoms with Crippen molar-refractivity contribution in [1.82, 2.24) is 25.0 Å². The maximum Gasteiger partial charge on any atom is 0.189 e. The lowest BCUT2D eigenvalue weighted by Crippen LogP contribution is -2.48. The molecule has 0 aliphatic carbocycles. The fourth-order valence-corrected chi connectivity index (χ4v) is 2.91. The Morgan fingerprint density at radius 1 is 1.13 bits per heavy atom. The van der Waals surface area contributed by atoms with E-state index in [0.29, 0.717) is 17.8 Å². The summed E-state index contributed by atoms with van der Waals surface area (Å²) in [6.07, 6.45) is 1.57. The summed E-state index contributed by atoms with van der Waals surface area (Å²) < 4.78 is 7.52. The lowest BCUT2D eigenvalue weighted by atomic mass is 10.1. The summed E-state index contributed by atoms with van der Waals surface area (Å²) in [5, 5.41) is 8.59. The average Bonchev–Trinajstić information content (AvgIpc) is 2.98. The Kier molecular flexibility index (Phi) is 3.23. The summed E-state index contributed by atoms with van der Waals surface area (Å²) in [5.74, 6) is 0.813. The molecule has 0 amide bonds. The summed E-state index contributed by atoms with van der Waals surface area (Å²) in [7, 11) is 0. The van der Waals surface area contributed by atoms with Crippen LogP contribution in [-0.2, 0) is 4.74 Å². The second-order valence-corrected chi connectivity index (χ2v) is 6.24. The predicted octanol–water partition coefficient (Wildman–Crippen LogP) is 1.83. The quantitative estimate of drug-likeness (QED) is 0.719. The summed E-state index contributed by atoms with van der Waals surface area (Å²) in [6, 6.07) is 9.87. The largest absolute Gasteiger partial charge is 0.372 e. The second kappa shape index (κ2) is 5.27. The van der Waals surface area contributed by atoms with Crippen molar-refractivity contribution in [2.45, 2.75) is 19.4 Å². The highest BCUT2D eigenvalue weighted by molar-refractivity contribution is 5.83. The second-order valence-electron chi connectivity index (χ2n) is 6.24. The van der Waals surface area contributed by atoms with Gasteiger partial charge < -0.3 is 9.64 Å². The number of hydrogen-bond donors (Lipinski definition) is 0. The highest BCUT2D eigenvalue weighted by Gasteiger charge is 2.29. The van der Waals surface area contributed by atoms with Gasteiger partial charge in [-0.05, 0) is 26.0 Å². The van der Waals surface area contributed by atoms with E-state index in [4.69, 9.17) is 4.74 Å². The van der Waals surface area contributed by atoms with Crippen LogP contribution in [0.4, 0.5) is 5.82 Å². The Bertz CT molecular complexity index is 829. The number of anilines is 1. The van der Waals surface area contributed by atoms with Crippen molar-refractivity contribution in [3.05, 3.63) is 36.7 Å². The minimum atomic E-state index is -0.203. The first-order valence-corrected chi connectivity index (χ1v) is 7.65. The topological polar surface area (TPSA) is 69.0 Å². The SMILES string of the molecule is CC1(C)CN(c2ncnc3c2nnn3-c2ccccc2)CCO1. The van der Waals surface area contributed by atoms with Gasteiger partial charge in [-0.25, -0.2) is 9.97 Å². The van der Waals surface area contributed by atoms with Crippen molar-refractivity contribution in [3.8, 4) is 5.69 Å². The summed E-state index contributed by atoms with van der Waals surface area (Å²) in [6.45, 7) is 6.38. The Hall–Kier alpha value is -2.54. The molecule has 3 heterocycles. The minimum Gasteiger partial charge on any atom is -0.372 e. The Labute approximate surface area is 133 Å². The predicted molar refractivity (Wildman–Crippen MR) is 86.7 cm³/mol. The third-order valence-electron chi connectivity index (χ3n) is 3.94. The van der Waals surface area contributed by atoms with Gasteiger partial charge in [0, 0.05) is 13.1 Å². The summed E-state index contributed by atoms with van der Waals surface area (Å²) in [5.41, 5.74) is 2.16. The lowest BCUT2D eigenvalue weighted by molar-refractivity contribution is -0.0278. The molecule has 0 N–H and O–H groups in total. The molecular weight excluding hydrogens is 292 g/mol. The molecule has 7 nitrogen and oxygen atoms in total. The van der Waals surface area contributed by atoms with Crippen LogP contribution in [0.25, 0.3) is 16.9 Å². The zero-order valence-electron chi connectivity index (χ0n) is 13.2. The molecule has 1 aliphatic rings. The normalized spacial score (nSPS) is 17.6. The molecule has 0 atom stereocenters. The third-order valence-corrected chi connectivity index (χ3v) is 3.94. The van der Waals surface area contributed by atoms with E-state index < -0.39 is 0 Å². The van der Waals surface area contributed by atoms with Crippen LogP contribution in [0, 0.1) is 0 Å². The van der Waals surface area contributed by atoms with Crippen molar-refractivity contribution in [3.63, 3.8) is 0 Å². The molecule has 23 heavy (non-hydrogen) atoms. The number of ether oxygens (including phenoxy) is 1. The molecule has 0 radical (unpaired) electrons. The van der Waals surface area contributed by atoms with Crippen LogP contribution in [0.2, 0.25) is 0 Å². The maximum absolute atomic E-state index is 5.78.